The third-order valence-electron chi connectivity index (χ3n) is 0.513. The highest BCUT2D eigenvalue weighted by atomic mass is 32.2. The zero-order chi connectivity index (χ0) is 7.82. The first-order valence-electron chi connectivity index (χ1n) is 2.61. The van der Waals surface area contributed by atoms with Gasteiger partial charge in [-0.25, -0.2) is 8.78 Å². The predicted octanol–water partition coefficient (Wildman–Crippen LogP) is 0.537. The molecule has 3 nitrogen and oxygen atoms in total. The van der Waals surface area contributed by atoms with Crippen LogP contribution >= 0.6 is 0 Å². The van der Waals surface area contributed by atoms with Gasteiger partial charge in [0.05, 0.1) is 13.2 Å². The largest absolute Gasteiger partial charge is 0.304 e. The molecule has 0 heterocycles. The summed E-state index contributed by atoms with van der Waals surface area (Å²) in [5, 5.41) is 0. The van der Waals surface area contributed by atoms with Gasteiger partial charge in [0.25, 0.3) is 0 Å². The van der Waals surface area contributed by atoms with E-state index in [4.69, 9.17) is 0 Å². The van der Waals surface area contributed by atoms with E-state index in [-0.39, 0.29) is 13.2 Å². The summed E-state index contributed by atoms with van der Waals surface area (Å²) >= 11 is -2.00. The molecule has 0 aliphatic carbocycles. The van der Waals surface area contributed by atoms with Crippen LogP contribution in [-0.4, -0.2) is 30.8 Å². The number of hydrogen-bond donors (Lipinski definition) is 0. The van der Waals surface area contributed by atoms with E-state index in [9.17, 15) is 13.0 Å². The van der Waals surface area contributed by atoms with Gasteiger partial charge in [0.15, 0.2) is 0 Å². The van der Waals surface area contributed by atoms with Gasteiger partial charge >= 0.3 is 11.4 Å². The molecule has 0 saturated heterocycles. The third kappa shape index (κ3) is 6.06. The van der Waals surface area contributed by atoms with Crippen LogP contribution in [0.1, 0.15) is 0 Å². The Kier molecular flexibility index (Phi) is 6.99. The molecule has 0 amide bonds. The van der Waals surface area contributed by atoms with Crippen LogP contribution < -0.4 is 0 Å². The lowest BCUT2D eigenvalue weighted by Crippen LogP contribution is -2.06. The molecular weight excluding hydrogens is 166 g/mol. The maximum absolute atomic E-state index is 11.3. The molecule has 6 heteroatoms. The van der Waals surface area contributed by atoms with E-state index in [1.54, 1.807) is 0 Å². The second-order valence-corrected chi connectivity index (χ2v) is 2.11. The lowest BCUT2D eigenvalue weighted by molar-refractivity contribution is 0.219. The van der Waals surface area contributed by atoms with Crippen LogP contribution in [0, 0.1) is 0 Å². The molecule has 0 fully saturated rings. The summed E-state index contributed by atoms with van der Waals surface area (Å²) in [5.74, 6) is 0. The van der Waals surface area contributed by atoms with Gasteiger partial charge in [-0.15, -0.1) is 0 Å². The van der Waals surface area contributed by atoms with Gasteiger partial charge < -0.3 is 0 Å². The summed E-state index contributed by atoms with van der Waals surface area (Å²) in [7, 11) is 0. The first-order chi connectivity index (χ1) is 4.81. The summed E-state index contributed by atoms with van der Waals surface area (Å²) in [5.41, 5.74) is 0. The van der Waals surface area contributed by atoms with E-state index in [0.29, 0.717) is 0 Å². The Balaban J connectivity index is 3.09. The van der Waals surface area contributed by atoms with Gasteiger partial charge in [0.2, 0.25) is 0 Å². The molecule has 0 bridgehead atoms. The zero-order valence-electron chi connectivity index (χ0n) is 5.22. The van der Waals surface area contributed by atoms with Crippen molar-refractivity contribution >= 4 is 11.4 Å². The maximum Gasteiger partial charge on any atom is 0.304 e. The summed E-state index contributed by atoms with van der Waals surface area (Å²) in [6, 6.07) is 0. The highest BCUT2D eigenvalue weighted by molar-refractivity contribution is 7.75. The van der Waals surface area contributed by atoms with Gasteiger partial charge in [-0.2, -0.15) is 4.21 Å². The molecule has 0 aliphatic heterocycles. The molecule has 0 radical (unpaired) electrons. The van der Waals surface area contributed by atoms with Crippen molar-refractivity contribution in [2.45, 2.75) is 0 Å². The molecule has 0 N–H and O–H groups in total. The second kappa shape index (κ2) is 7.04. The lowest BCUT2D eigenvalue weighted by Gasteiger charge is -1.97. The van der Waals surface area contributed by atoms with Crippen molar-refractivity contribution in [2.75, 3.05) is 26.6 Å². The van der Waals surface area contributed by atoms with Crippen molar-refractivity contribution in [3.63, 3.8) is 0 Å². The van der Waals surface area contributed by atoms with Crippen LogP contribution in [0.15, 0.2) is 0 Å². The Morgan fingerprint density at radius 1 is 1.10 bits per heavy atom. The van der Waals surface area contributed by atoms with Crippen molar-refractivity contribution in [1.29, 1.82) is 0 Å². The molecule has 0 saturated carbocycles. The first-order valence-corrected chi connectivity index (χ1v) is 3.61. The number of hydrogen-bond acceptors (Lipinski definition) is 3. The normalized spacial score (nSPS) is 10.7. The van der Waals surface area contributed by atoms with E-state index in [2.05, 4.69) is 8.37 Å². The van der Waals surface area contributed by atoms with Crippen molar-refractivity contribution in [1.82, 2.24) is 0 Å². The Bertz CT molecular complexity index is 90.5. The molecule has 0 aromatic heterocycles. The third-order valence-corrected chi connectivity index (χ3v) is 1.23. The van der Waals surface area contributed by atoms with Gasteiger partial charge in [-0.1, -0.05) is 0 Å². The molecule has 0 aliphatic rings. The van der Waals surface area contributed by atoms with Crippen LogP contribution in [0.3, 0.4) is 0 Å². The van der Waals surface area contributed by atoms with Crippen LogP contribution in [0.25, 0.3) is 0 Å². The van der Waals surface area contributed by atoms with Gasteiger partial charge in [0, 0.05) is 0 Å². The van der Waals surface area contributed by atoms with Crippen molar-refractivity contribution < 1.29 is 21.4 Å². The number of rotatable bonds is 6. The molecule has 0 aromatic carbocycles. The molecule has 0 atom stereocenters. The van der Waals surface area contributed by atoms with Crippen molar-refractivity contribution in [2.24, 2.45) is 0 Å². The van der Waals surface area contributed by atoms with Crippen molar-refractivity contribution in [3.05, 3.63) is 0 Å². The standard InChI is InChI=1S/C4H8F2O3S/c5-1-3-8-10(7)9-4-2-6/h1-4H2. The predicted molar refractivity (Wildman–Crippen MR) is 32.0 cm³/mol. The molecule has 0 rings (SSSR count). The quantitative estimate of drug-likeness (QED) is 0.589. The number of alkyl halides is 2. The zero-order valence-corrected chi connectivity index (χ0v) is 6.03. The minimum atomic E-state index is -2.00. The molecule has 0 unspecified atom stereocenters. The van der Waals surface area contributed by atoms with Crippen LogP contribution in [0.5, 0.6) is 0 Å². The summed E-state index contributed by atoms with van der Waals surface area (Å²) in [6.45, 7) is -2.05. The number of halogens is 2. The van der Waals surface area contributed by atoms with Crippen LogP contribution in [0.4, 0.5) is 8.78 Å². The van der Waals surface area contributed by atoms with E-state index in [1.165, 1.54) is 0 Å². The van der Waals surface area contributed by atoms with Crippen LogP contribution in [-0.2, 0) is 19.7 Å². The molecular formula is C4H8F2O3S. The van der Waals surface area contributed by atoms with E-state index in [0.717, 1.165) is 0 Å². The minimum Gasteiger partial charge on any atom is -0.266 e. The Morgan fingerprint density at radius 2 is 1.50 bits per heavy atom. The smallest absolute Gasteiger partial charge is 0.266 e. The highest BCUT2D eigenvalue weighted by Gasteiger charge is 1.98. The molecule has 62 valence electrons. The Labute approximate surface area is 60.2 Å². The highest BCUT2D eigenvalue weighted by Crippen LogP contribution is 1.88. The average molecular weight is 174 g/mol. The molecule has 10 heavy (non-hydrogen) atoms. The van der Waals surface area contributed by atoms with Gasteiger partial charge in [-0.3, -0.25) is 8.37 Å². The lowest BCUT2D eigenvalue weighted by atomic mass is 10.9. The fourth-order valence-corrected chi connectivity index (χ4v) is 0.699. The second-order valence-electron chi connectivity index (χ2n) is 1.23. The Morgan fingerprint density at radius 3 is 1.80 bits per heavy atom. The monoisotopic (exact) mass is 174 g/mol. The molecule has 0 spiro atoms. The van der Waals surface area contributed by atoms with E-state index < -0.39 is 24.7 Å². The fourth-order valence-electron chi connectivity index (χ4n) is 0.233. The average Bonchev–Trinajstić information content (AvgIpc) is 1.97. The molecule has 0 aromatic rings. The first kappa shape index (κ1) is 9.93. The van der Waals surface area contributed by atoms with E-state index >= 15 is 0 Å². The Hall–Kier alpha value is -0.0700. The fraction of sp³-hybridized carbons (Fsp3) is 1.00. The van der Waals surface area contributed by atoms with E-state index in [1.807, 2.05) is 0 Å². The summed E-state index contributed by atoms with van der Waals surface area (Å²) < 4.78 is 41.3. The summed E-state index contributed by atoms with van der Waals surface area (Å²) in [4.78, 5) is 0. The topological polar surface area (TPSA) is 35.5 Å². The maximum atomic E-state index is 11.3. The van der Waals surface area contributed by atoms with Crippen molar-refractivity contribution in [3.8, 4) is 0 Å². The summed E-state index contributed by atoms with van der Waals surface area (Å²) in [6.07, 6.45) is 0. The van der Waals surface area contributed by atoms with Gasteiger partial charge in [-0.05, 0) is 0 Å². The van der Waals surface area contributed by atoms with Crippen LogP contribution in [0.2, 0.25) is 0 Å². The van der Waals surface area contributed by atoms with Gasteiger partial charge in [0.1, 0.15) is 13.3 Å². The SMILES string of the molecule is O=S(OCCF)OCCF. The minimum absolute atomic E-state index is 0.293.